The van der Waals surface area contributed by atoms with Gasteiger partial charge < -0.3 is 14.6 Å². The number of rotatable bonds is 5. The number of carbonyl (C=O) groups is 2. The van der Waals surface area contributed by atoms with Gasteiger partial charge in [0, 0.05) is 18.4 Å². The molecule has 1 aromatic carbocycles. The summed E-state index contributed by atoms with van der Waals surface area (Å²) in [5.41, 5.74) is 1.12. The third-order valence-corrected chi connectivity index (χ3v) is 3.10. The highest BCUT2D eigenvalue weighted by molar-refractivity contribution is 5.98. The van der Waals surface area contributed by atoms with Gasteiger partial charge in [0.15, 0.2) is 6.10 Å². The fraction of sp³-hybridized carbons (Fsp3) is 0.250. The number of hydrogen-bond donors (Lipinski definition) is 1. The quantitative estimate of drug-likeness (QED) is 0.859. The Bertz CT molecular complexity index is 593. The maximum Gasteiger partial charge on any atom is 0.355 e. The number of benzene rings is 1. The van der Waals surface area contributed by atoms with Crippen molar-refractivity contribution in [2.24, 2.45) is 0 Å². The molecular formula is C16H18N2O3. The molecule has 1 heterocycles. The number of hydrogen-bond acceptors (Lipinski definition) is 3. The van der Waals surface area contributed by atoms with E-state index in [0.717, 1.165) is 5.69 Å². The minimum atomic E-state index is -0.846. The van der Waals surface area contributed by atoms with Gasteiger partial charge in [-0.25, -0.2) is 4.79 Å². The molecule has 2 rings (SSSR count). The maximum absolute atomic E-state index is 12.4. The zero-order valence-electron chi connectivity index (χ0n) is 12.1. The molecular weight excluding hydrogens is 268 g/mol. The first-order chi connectivity index (χ1) is 10.1. The van der Waals surface area contributed by atoms with Crippen LogP contribution >= 0.6 is 0 Å². The smallest absolute Gasteiger partial charge is 0.355 e. The summed E-state index contributed by atoms with van der Waals surface area (Å²) in [5.74, 6) is -0.784. The van der Waals surface area contributed by atoms with Gasteiger partial charge in [-0.1, -0.05) is 18.2 Å². The van der Waals surface area contributed by atoms with Gasteiger partial charge in [0.2, 0.25) is 0 Å². The number of carbonyl (C=O) groups excluding carboxylic acids is 2. The Hall–Kier alpha value is -2.56. The number of likely N-dealkylation sites (N-methyl/N-ethyl adjacent to an activating group) is 1. The SMILES string of the molecule is CCN(C(=O)[C@@H](C)OC(=O)c1ccc[nH]1)c1ccccc1. The van der Waals surface area contributed by atoms with Crippen LogP contribution in [0.3, 0.4) is 0 Å². The van der Waals surface area contributed by atoms with Crippen LogP contribution in [-0.4, -0.2) is 29.5 Å². The third-order valence-electron chi connectivity index (χ3n) is 3.10. The minimum absolute atomic E-state index is 0.247. The number of amides is 1. The van der Waals surface area contributed by atoms with E-state index in [1.165, 1.54) is 0 Å². The van der Waals surface area contributed by atoms with E-state index in [2.05, 4.69) is 4.98 Å². The summed E-state index contributed by atoms with van der Waals surface area (Å²) in [4.78, 5) is 28.6. The summed E-state index contributed by atoms with van der Waals surface area (Å²) in [6.07, 6.45) is 0.784. The normalized spacial score (nSPS) is 11.7. The summed E-state index contributed by atoms with van der Waals surface area (Å²) < 4.78 is 5.20. The second kappa shape index (κ2) is 6.74. The molecule has 1 N–H and O–H groups in total. The Morgan fingerprint density at radius 3 is 2.48 bits per heavy atom. The third kappa shape index (κ3) is 3.51. The molecule has 0 spiro atoms. The average Bonchev–Trinajstić information content (AvgIpc) is 3.03. The van der Waals surface area contributed by atoms with Crippen LogP contribution in [-0.2, 0) is 9.53 Å². The molecule has 0 saturated carbocycles. The summed E-state index contributed by atoms with van der Waals surface area (Å²) in [7, 11) is 0. The second-order valence-electron chi connectivity index (χ2n) is 4.55. The van der Waals surface area contributed by atoms with Gasteiger partial charge in [0.1, 0.15) is 5.69 Å². The predicted octanol–water partition coefficient (Wildman–Crippen LogP) is 2.61. The van der Waals surface area contributed by atoms with E-state index >= 15 is 0 Å². The number of H-pyrrole nitrogens is 1. The number of aromatic amines is 1. The Balaban J connectivity index is 2.06. The molecule has 1 amide bonds. The minimum Gasteiger partial charge on any atom is -0.448 e. The molecule has 0 aliphatic rings. The second-order valence-corrected chi connectivity index (χ2v) is 4.55. The molecule has 0 aliphatic heterocycles. The van der Waals surface area contributed by atoms with Crippen LogP contribution in [0.2, 0.25) is 0 Å². The Labute approximate surface area is 123 Å². The number of esters is 1. The molecule has 0 unspecified atom stereocenters. The number of nitrogens with one attached hydrogen (secondary N) is 1. The van der Waals surface area contributed by atoms with Gasteiger partial charge in [-0.3, -0.25) is 4.79 Å². The molecule has 0 fully saturated rings. The number of nitrogens with zero attached hydrogens (tertiary/aromatic N) is 1. The van der Waals surface area contributed by atoms with E-state index in [4.69, 9.17) is 4.74 Å². The zero-order valence-corrected chi connectivity index (χ0v) is 12.1. The van der Waals surface area contributed by atoms with Crippen molar-refractivity contribution >= 4 is 17.6 Å². The molecule has 110 valence electrons. The molecule has 0 bridgehead atoms. The monoisotopic (exact) mass is 286 g/mol. The van der Waals surface area contributed by atoms with E-state index in [1.54, 1.807) is 30.2 Å². The van der Waals surface area contributed by atoms with E-state index in [1.807, 2.05) is 37.3 Å². The number of ether oxygens (including phenoxy) is 1. The van der Waals surface area contributed by atoms with Crippen LogP contribution < -0.4 is 4.90 Å². The summed E-state index contributed by atoms with van der Waals surface area (Å²) in [6, 6.07) is 12.6. The highest BCUT2D eigenvalue weighted by atomic mass is 16.5. The van der Waals surface area contributed by atoms with Crippen molar-refractivity contribution in [3.63, 3.8) is 0 Å². The Morgan fingerprint density at radius 2 is 1.90 bits per heavy atom. The highest BCUT2D eigenvalue weighted by Crippen LogP contribution is 2.15. The number of para-hydroxylation sites is 1. The van der Waals surface area contributed by atoms with Crippen LogP contribution in [0, 0.1) is 0 Å². The molecule has 0 radical (unpaired) electrons. The van der Waals surface area contributed by atoms with E-state index < -0.39 is 12.1 Å². The predicted molar refractivity (Wildman–Crippen MR) is 80.1 cm³/mol. The van der Waals surface area contributed by atoms with Crippen molar-refractivity contribution < 1.29 is 14.3 Å². The van der Waals surface area contributed by atoms with Crippen LogP contribution in [0.4, 0.5) is 5.69 Å². The van der Waals surface area contributed by atoms with Gasteiger partial charge in [-0.15, -0.1) is 0 Å². The molecule has 1 aromatic heterocycles. The average molecular weight is 286 g/mol. The first-order valence-electron chi connectivity index (χ1n) is 6.84. The molecule has 5 heteroatoms. The van der Waals surface area contributed by atoms with Crippen molar-refractivity contribution in [2.75, 3.05) is 11.4 Å². The Kier molecular flexibility index (Phi) is 4.77. The highest BCUT2D eigenvalue weighted by Gasteiger charge is 2.24. The molecule has 0 saturated heterocycles. The molecule has 2 aromatic rings. The van der Waals surface area contributed by atoms with E-state index in [9.17, 15) is 9.59 Å². The largest absolute Gasteiger partial charge is 0.448 e. The lowest BCUT2D eigenvalue weighted by Gasteiger charge is -2.24. The van der Waals surface area contributed by atoms with Crippen LogP contribution in [0.5, 0.6) is 0 Å². The fourth-order valence-electron chi connectivity index (χ4n) is 2.02. The van der Waals surface area contributed by atoms with Gasteiger partial charge in [0.05, 0.1) is 0 Å². The van der Waals surface area contributed by atoms with Crippen LogP contribution in [0.15, 0.2) is 48.7 Å². The molecule has 1 atom stereocenters. The van der Waals surface area contributed by atoms with Gasteiger partial charge in [-0.2, -0.15) is 0 Å². The lowest BCUT2D eigenvalue weighted by molar-refractivity contribution is -0.126. The number of anilines is 1. The standard InChI is InChI=1S/C16H18N2O3/c1-3-18(13-8-5-4-6-9-13)15(19)12(2)21-16(20)14-10-7-11-17-14/h4-12,17H,3H2,1-2H3/t12-/m1/s1. The van der Waals surface area contributed by atoms with Gasteiger partial charge >= 0.3 is 5.97 Å². The first-order valence-corrected chi connectivity index (χ1v) is 6.84. The zero-order chi connectivity index (χ0) is 15.2. The summed E-state index contributed by atoms with van der Waals surface area (Å²) in [5, 5.41) is 0. The van der Waals surface area contributed by atoms with Crippen LogP contribution in [0.1, 0.15) is 24.3 Å². The lowest BCUT2D eigenvalue weighted by atomic mass is 10.2. The van der Waals surface area contributed by atoms with Gasteiger partial charge in [-0.05, 0) is 38.1 Å². The molecule has 5 nitrogen and oxygen atoms in total. The van der Waals surface area contributed by atoms with E-state index in [-0.39, 0.29) is 5.91 Å². The van der Waals surface area contributed by atoms with Crippen molar-refractivity contribution in [2.45, 2.75) is 20.0 Å². The maximum atomic E-state index is 12.4. The number of aromatic nitrogens is 1. The summed E-state index contributed by atoms with van der Waals surface area (Å²) >= 11 is 0. The summed E-state index contributed by atoms with van der Waals surface area (Å²) in [6.45, 7) is 3.96. The molecule has 21 heavy (non-hydrogen) atoms. The van der Waals surface area contributed by atoms with Crippen molar-refractivity contribution in [3.05, 3.63) is 54.4 Å². The Morgan fingerprint density at radius 1 is 1.19 bits per heavy atom. The first kappa shape index (κ1) is 14.8. The topological polar surface area (TPSA) is 62.4 Å². The molecule has 0 aliphatic carbocycles. The van der Waals surface area contributed by atoms with Gasteiger partial charge in [0.25, 0.3) is 5.91 Å². The van der Waals surface area contributed by atoms with E-state index in [0.29, 0.717) is 12.2 Å². The lowest BCUT2D eigenvalue weighted by Crippen LogP contribution is -2.40. The van der Waals surface area contributed by atoms with Crippen LogP contribution in [0.25, 0.3) is 0 Å². The fourth-order valence-corrected chi connectivity index (χ4v) is 2.02. The van der Waals surface area contributed by atoms with Crippen molar-refractivity contribution in [3.8, 4) is 0 Å². The van der Waals surface area contributed by atoms with Crippen molar-refractivity contribution in [1.82, 2.24) is 4.98 Å². The van der Waals surface area contributed by atoms with Crippen molar-refractivity contribution in [1.29, 1.82) is 0 Å².